The Balaban J connectivity index is 1.55. The van der Waals surface area contributed by atoms with Gasteiger partial charge in [0.2, 0.25) is 5.91 Å². The van der Waals surface area contributed by atoms with Gasteiger partial charge in [0.15, 0.2) is 15.0 Å². The van der Waals surface area contributed by atoms with E-state index in [9.17, 15) is 18.0 Å². The molecule has 3 aromatic rings. The van der Waals surface area contributed by atoms with E-state index in [2.05, 4.69) is 11.6 Å². The van der Waals surface area contributed by atoms with Crippen LogP contribution >= 0.6 is 11.3 Å². The van der Waals surface area contributed by atoms with Gasteiger partial charge in [0, 0.05) is 29.3 Å². The molecule has 164 valence electrons. The van der Waals surface area contributed by atoms with E-state index >= 15 is 0 Å². The maximum Gasteiger partial charge on any atom is 0.339 e. The normalized spacial score (nSPS) is 15.2. The summed E-state index contributed by atoms with van der Waals surface area (Å²) in [5, 5.41) is 2.29. The lowest BCUT2D eigenvalue weighted by molar-refractivity contribution is -0.120. The molecule has 0 bridgehead atoms. The van der Waals surface area contributed by atoms with Crippen LogP contribution in [-0.2, 0) is 19.4 Å². The Hall–Kier alpha value is -3.30. The summed E-state index contributed by atoms with van der Waals surface area (Å²) < 4.78 is 28.7. The lowest BCUT2D eigenvalue weighted by atomic mass is 10.0. The van der Waals surface area contributed by atoms with Gasteiger partial charge in [-0.1, -0.05) is 36.4 Å². The van der Waals surface area contributed by atoms with Crippen molar-refractivity contribution in [2.45, 2.75) is 17.4 Å². The third kappa shape index (κ3) is 4.35. The van der Waals surface area contributed by atoms with Crippen molar-refractivity contribution in [3.63, 3.8) is 0 Å². The quantitative estimate of drug-likeness (QED) is 0.384. The smallest absolute Gasteiger partial charge is 0.339 e. The predicted molar refractivity (Wildman–Crippen MR) is 122 cm³/mol. The van der Waals surface area contributed by atoms with E-state index in [0.29, 0.717) is 22.0 Å². The van der Waals surface area contributed by atoms with Gasteiger partial charge < -0.3 is 4.74 Å². The van der Waals surface area contributed by atoms with E-state index in [1.807, 2.05) is 6.07 Å². The van der Waals surface area contributed by atoms with Crippen LogP contribution in [0.1, 0.15) is 28.4 Å². The van der Waals surface area contributed by atoms with Crippen LogP contribution in [0.15, 0.2) is 71.5 Å². The second kappa shape index (κ2) is 8.68. The fourth-order valence-corrected chi connectivity index (χ4v) is 4.94. The summed E-state index contributed by atoms with van der Waals surface area (Å²) in [6.07, 6.45) is 2.12. The van der Waals surface area contributed by atoms with Crippen molar-refractivity contribution in [2.24, 2.45) is 0 Å². The number of hydrogen-bond acceptors (Lipinski definition) is 7. The Morgan fingerprint density at radius 3 is 2.62 bits per heavy atom. The van der Waals surface area contributed by atoms with E-state index in [-0.39, 0.29) is 23.8 Å². The Morgan fingerprint density at radius 2 is 1.94 bits per heavy atom. The molecular weight excluding hydrogens is 448 g/mol. The summed E-state index contributed by atoms with van der Waals surface area (Å²) in [6, 6.07) is 13.5. The minimum absolute atomic E-state index is 0.00539. The molecule has 0 spiro atoms. The molecule has 1 aliphatic heterocycles. The molecule has 2 heterocycles. The maximum absolute atomic E-state index is 13.1. The fraction of sp³-hybridized carbons (Fsp3) is 0.174. The first-order chi connectivity index (χ1) is 15.3. The zero-order valence-corrected chi connectivity index (χ0v) is 18.9. The van der Waals surface area contributed by atoms with Crippen LogP contribution in [0.4, 0.5) is 5.13 Å². The van der Waals surface area contributed by atoms with Crippen molar-refractivity contribution in [2.75, 3.05) is 17.7 Å². The van der Waals surface area contributed by atoms with Crippen LogP contribution in [0.2, 0.25) is 0 Å². The summed E-state index contributed by atoms with van der Waals surface area (Å²) in [5.41, 5.74) is 2.55. The molecule has 32 heavy (non-hydrogen) atoms. The number of rotatable bonds is 7. The number of carbonyl (C=O) groups is 2. The number of sulfone groups is 1. The van der Waals surface area contributed by atoms with Gasteiger partial charge in [-0.05, 0) is 18.2 Å². The van der Waals surface area contributed by atoms with Gasteiger partial charge in [-0.2, -0.15) is 0 Å². The topological polar surface area (TPSA) is 93.6 Å². The van der Waals surface area contributed by atoms with Crippen molar-refractivity contribution in [3.8, 4) is 11.3 Å². The summed E-state index contributed by atoms with van der Waals surface area (Å²) in [6.45, 7) is 3.98. The number of thiazole rings is 1. The Kier molecular flexibility index (Phi) is 5.94. The molecule has 4 rings (SSSR count). The zero-order valence-electron chi connectivity index (χ0n) is 17.2. The van der Waals surface area contributed by atoms with Crippen molar-refractivity contribution in [1.82, 2.24) is 4.98 Å². The number of esters is 1. The number of fused-ring (bicyclic) bond motifs is 1. The van der Waals surface area contributed by atoms with Crippen LogP contribution in [0, 0.1) is 0 Å². The highest BCUT2D eigenvalue weighted by Crippen LogP contribution is 2.35. The highest BCUT2D eigenvalue weighted by Gasteiger charge is 2.33. The third-order valence-electron chi connectivity index (χ3n) is 5.05. The molecule has 1 aliphatic rings. The Morgan fingerprint density at radius 1 is 1.22 bits per heavy atom. The highest BCUT2D eigenvalue weighted by molar-refractivity contribution is 7.90. The van der Waals surface area contributed by atoms with Crippen LogP contribution in [-0.4, -0.2) is 38.1 Å². The number of anilines is 1. The van der Waals surface area contributed by atoms with Crippen molar-refractivity contribution < 1.29 is 22.7 Å². The average molecular weight is 469 g/mol. The van der Waals surface area contributed by atoms with Gasteiger partial charge in [-0.25, -0.2) is 18.2 Å². The zero-order chi connectivity index (χ0) is 22.9. The van der Waals surface area contributed by atoms with Crippen LogP contribution in [0.25, 0.3) is 11.3 Å². The standard InChI is InChI=1S/C23H20N2O5S2/c1-3-12-25(21(26)13-20-17-6-4-5-7-18(17)22(27)30-20)23-24-19(14-31-23)15-8-10-16(11-9-15)32(2,28)29/h3-11,14,20H,1,12-13H2,2H3. The van der Waals surface area contributed by atoms with E-state index < -0.39 is 21.9 Å². The van der Waals surface area contributed by atoms with Crippen LogP contribution in [0.5, 0.6) is 0 Å². The van der Waals surface area contributed by atoms with Crippen LogP contribution < -0.4 is 4.90 Å². The fourth-order valence-electron chi connectivity index (χ4n) is 3.45. The van der Waals surface area contributed by atoms with Gasteiger partial charge in [-0.15, -0.1) is 17.9 Å². The number of nitrogens with zero attached hydrogens (tertiary/aromatic N) is 2. The van der Waals surface area contributed by atoms with E-state index in [1.54, 1.807) is 41.8 Å². The summed E-state index contributed by atoms with van der Waals surface area (Å²) in [5.74, 6) is -0.671. The molecule has 0 radical (unpaired) electrons. The average Bonchev–Trinajstić information content (AvgIpc) is 3.37. The first-order valence-corrected chi connectivity index (χ1v) is 12.5. The summed E-state index contributed by atoms with van der Waals surface area (Å²) in [4.78, 5) is 31.4. The summed E-state index contributed by atoms with van der Waals surface area (Å²) in [7, 11) is -3.28. The van der Waals surface area contributed by atoms with Crippen molar-refractivity contribution in [1.29, 1.82) is 0 Å². The number of carbonyl (C=O) groups excluding carboxylic acids is 2. The molecule has 1 amide bonds. The van der Waals surface area contributed by atoms with Gasteiger partial charge >= 0.3 is 5.97 Å². The first kappa shape index (κ1) is 21.9. The molecule has 9 heteroatoms. The van der Waals surface area contributed by atoms with Crippen molar-refractivity contribution >= 4 is 38.2 Å². The molecule has 2 aromatic carbocycles. The minimum atomic E-state index is -3.28. The van der Waals surface area contributed by atoms with Gasteiger partial charge in [0.25, 0.3) is 0 Å². The number of hydrogen-bond donors (Lipinski definition) is 0. The number of aromatic nitrogens is 1. The highest BCUT2D eigenvalue weighted by atomic mass is 32.2. The molecule has 0 saturated heterocycles. The molecule has 0 aliphatic carbocycles. The second-order valence-electron chi connectivity index (χ2n) is 7.29. The first-order valence-electron chi connectivity index (χ1n) is 9.75. The van der Waals surface area contributed by atoms with E-state index in [0.717, 1.165) is 11.8 Å². The third-order valence-corrected chi connectivity index (χ3v) is 7.04. The van der Waals surface area contributed by atoms with Crippen LogP contribution in [0.3, 0.4) is 0 Å². The molecule has 0 saturated carbocycles. The Bertz CT molecular complexity index is 1300. The molecule has 7 nitrogen and oxygen atoms in total. The maximum atomic E-state index is 13.1. The number of amides is 1. The lowest BCUT2D eigenvalue weighted by Crippen LogP contribution is -2.32. The molecule has 0 N–H and O–H groups in total. The minimum Gasteiger partial charge on any atom is -0.453 e. The van der Waals surface area contributed by atoms with Gasteiger partial charge in [0.05, 0.1) is 22.6 Å². The number of ether oxygens (including phenoxy) is 1. The van der Waals surface area contributed by atoms with E-state index in [4.69, 9.17) is 4.74 Å². The Labute approximate surface area is 189 Å². The van der Waals surface area contributed by atoms with Crippen molar-refractivity contribution in [3.05, 3.63) is 77.7 Å². The lowest BCUT2D eigenvalue weighted by Gasteiger charge is -2.20. The largest absolute Gasteiger partial charge is 0.453 e. The monoisotopic (exact) mass is 468 g/mol. The molecule has 1 atom stereocenters. The van der Waals surface area contributed by atoms with Gasteiger partial charge in [-0.3, -0.25) is 9.69 Å². The molecule has 1 unspecified atom stereocenters. The van der Waals surface area contributed by atoms with Gasteiger partial charge in [0.1, 0.15) is 6.10 Å². The number of benzene rings is 2. The second-order valence-corrected chi connectivity index (χ2v) is 10.1. The molecule has 0 fully saturated rings. The SMILES string of the molecule is C=CCN(C(=O)CC1OC(=O)c2ccccc21)c1nc(-c2ccc(S(C)(=O)=O)cc2)cs1. The van der Waals surface area contributed by atoms with E-state index in [1.165, 1.54) is 28.4 Å². The molecular formula is C23H20N2O5S2. The summed E-state index contributed by atoms with van der Waals surface area (Å²) >= 11 is 1.29. The number of cyclic esters (lactones) is 1. The predicted octanol–water partition coefficient (Wildman–Crippen LogP) is 4.03. The molecule has 1 aromatic heterocycles.